The maximum atomic E-state index is 14.5. The van der Waals surface area contributed by atoms with Crippen LogP contribution in [0.1, 0.15) is 99.2 Å². The lowest BCUT2D eigenvalue weighted by atomic mass is 9.89. The summed E-state index contributed by atoms with van der Waals surface area (Å²) in [4.78, 5) is 74.3. The second-order valence-corrected chi connectivity index (χ2v) is 17.4. The molecular formula is C46H80N6O10. The summed E-state index contributed by atoms with van der Waals surface area (Å²) in [6, 6.07) is 5.89. The number of nitrogens with one attached hydrogen (secondary N) is 2. The van der Waals surface area contributed by atoms with Crippen LogP contribution in [0.2, 0.25) is 0 Å². The Bertz CT molecular complexity index is 1520. The number of hydrogen-bond acceptors (Lipinski definition) is 11. The van der Waals surface area contributed by atoms with Gasteiger partial charge in [0.1, 0.15) is 12.1 Å². The number of ether oxygens (including phenoxy) is 4. The molecule has 62 heavy (non-hydrogen) atoms. The van der Waals surface area contributed by atoms with Crippen LogP contribution in [0.15, 0.2) is 30.3 Å². The first-order chi connectivity index (χ1) is 29.4. The standard InChI is InChI=1S/C46H80N6O10/c1-13-31(6)41(51(10)46(58)39(29(2)3)49-45(57)40(30(4)5)50(9)37(53)21-24-61-26-27-62-25-22-47)36(59-11)28-38(54)52-23-17-20-35(52)43(60-12)32(7)44(56)48-33(8)42(55)34-18-15-14-16-19-34/h14-16,18-19,29-33,35-36,39-43,55H,13,17,20-28,47H2,1-12H3,(H,48,56)(H,49,57)/t31-,32+,33+,35-,36+,39-,40?,41-,42+,43+/m0/s1. The molecule has 5 amide bonds. The van der Waals surface area contributed by atoms with Crippen molar-refractivity contribution in [1.29, 1.82) is 0 Å². The summed E-state index contributed by atoms with van der Waals surface area (Å²) in [7, 11) is 6.34. The largest absolute Gasteiger partial charge is 0.386 e. The maximum Gasteiger partial charge on any atom is 0.245 e. The molecule has 0 aromatic heterocycles. The fourth-order valence-corrected chi connectivity index (χ4v) is 8.47. The van der Waals surface area contributed by atoms with Crippen molar-refractivity contribution >= 4 is 29.5 Å². The highest BCUT2D eigenvalue weighted by atomic mass is 16.5. The second-order valence-electron chi connectivity index (χ2n) is 17.4. The van der Waals surface area contributed by atoms with Crippen molar-refractivity contribution in [2.45, 2.75) is 136 Å². The van der Waals surface area contributed by atoms with Gasteiger partial charge in [-0.3, -0.25) is 24.0 Å². The average Bonchev–Trinajstić information content (AvgIpc) is 3.74. The number of aliphatic hydroxyl groups is 1. The van der Waals surface area contributed by atoms with Crippen LogP contribution < -0.4 is 16.4 Å². The number of rotatable bonds is 28. The van der Waals surface area contributed by atoms with Crippen molar-refractivity contribution in [3.63, 3.8) is 0 Å². The third kappa shape index (κ3) is 15.5. The average molecular weight is 877 g/mol. The summed E-state index contributed by atoms with van der Waals surface area (Å²) in [6.45, 7) is 17.1. The van der Waals surface area contributed by atoms with Gasteiger partial charge in [-0.15, -0.1) is 0 Å². The van der Waals surface area contributed by atoms with Gasteiger partial charge in [0, 0.05) is 41.4 Å². The maximum absolute atomic E-state index is 14.5. The molecule has 354 valence electrons. The topological polar surface area (TPSA) is 202 Å². The smallest absolute Gasteiger partial charge is 0.245 e. The molecular weight excluding hydrogens is 797 g/mol. The Hall–Kier alpha value is -3.67. The van der Waals surface area contributed by atoms with Crippen LogP contribution in [0.5, 0.6) is 0 Å². The van der Waals surface area contributed by atoms with Gasteiger partial charge in [-0.25, -0.2) is 0 Å². The third-order valence-electron chi connectivity index (χ3n) is 12.3. The normalized spacial score (nSPS) is 18.6. The number of amides is 5. The van der Waals surface area contributed by atoms with Crippen LogP contribution >= 0.6 is 0 Å². The van der Waals surface area contributed by atoms with Crippen LogP contribution in [0, 0.1) is 23.7 Å². The third-order valence-corrected chi connectivity index (χ3v) is 12.3. The Balaban J connectivity index is 2.21. The van der Waals surface area contributed by atoms with E-state index in [0.717, 1.165) is 6.42 Å². The molecule has 16 heteroatoms. The number of hydrogen-bond donors (Lipinski definition) is 4. The van der Waals surface area contributed by atoms with Gasteiger partial charge < -0.3 is 55.1 Å². The van der Waals surface area contributed by atoms with Crippen LogP contribution in [0.3, 0.4) is 0 Å². The first-order valence-electron chi connectivity index (χ1n) is 22.4. The number of carbonyl (C=O) groups excluding carboxylic acids is 5. The summed E-state index contributed by atoms with van der Waals surface area (Å²) >= 11 is 0. The predicted molar refractivity (Wildman–Crippen MR) is 239 cm³/mol. The van der Waals surface area contributed by atoms with Crippen LogP contribution in [-0.2, 0) is 42.9 Å². The van der Waals surface area contributed by atoms with E-state index in [9.17, 15) is 29.1 Å². The van der Waals surface area contributed by atoms with E-state index in [4.69, 9.17) is 24.7 Å². The molecule has 0 aliphatic carbocycles. The lowest BCUT2D eigenvalue weighted by Gasteiger charge is -2.41. The number of likely N-dealkylation sites (tertiary alicyclic amines) is 1. The molecule has 1 heterocycles. The zero-order chi connectivity index (χ0) is 46.7. The molecule has 0 spiro atoms. The summed E-state index contributed by atoms with van der Waals surface area (Å²) in [6.07, 6.45) is -0.106. The van der Waals surface area contributed by atoms with Crippen LogP contribution in [-0.4, -0.2) is 160 Å². The van der Waals surface area contributed by atoms with E-state index in [1.165, 1.54) is 19.1 Å². The quantitative estimate of drug-likeness (QED) is 0.0902. The monoisotopic (exact) mass is 877 g/mol. The summed E-state index contributed by atoms with van der Waals surface area (Å²) in [5.74, 6) is -2.80. The van der Waals surface area contributed by atoms with Crippen molar-refractivity contribution in [2.75, 3.05) is 67.8 Å². The molecule has 1 fully saturated rings. The lowest BCUT2D eigenvalue weighted by Crippen LogP contribution is -2.60. The molecule has 10 atom stereocenters. The minimum Gasteiger partial charge on any atom is -0.386 e. The Morgan fingerprint density at radius 1 is 0.855 bits per heavy atom. The van der Waals surface area contributed by atoms with Gasteiger partial charge in [0.25, 0.3) is 0 Å². The van der Waals surface area contributed by atoms with Crippen LogP contribution in [0.25, 0.3) is 0 Å². The molecule has 5 N–H and O–H groups in total. The van der Waals surface area contributed by atoms with E-state index in [1.807, 2.05) is 71.9 Å². The van der Waals surface area contributed by atoms with Crippen molar-refractivity contribution < 1.29 is 48.0 Å². The lowest BCUT2D eigenvalue weighted by molar-refractivity contribution is -0.148. The van der Waals surface area contributed by atoms with Gasteiger partial charge in [0.15, 0.2) is 0 Å². The fourth-order valence-electron chi connectivity index (χ4n) is 8.47. The number of nitrogens with two attached hydrogens (primary N) is 1. The summed E-state index contributed by atoms with van der Waals surface area (Å²) in [5, 5.41) is 16.8. The summed E-state index contributed by atoms with van der Waals surface area (Å²) in [5.41, 5.74) is 6.12. The highest BCUT2D eigenvalue weighted by Gasteiger charge is 2.43. The Morgan fingerprint density at radius 2 is 1.48 bits per heavy atom. The van der Waals surface area contributed by atoms with Gasteiger partial charge in [-0.1, -0.05) is 85.2 Å². The Labute approximate surface area is 371 Å². The van der Waals surface area contributed by atoms with Gasteiger partial charge in [0.2, 0.25) is 29.5 Å². The number of carbonyl (C=O) groups is 5. The van der Waals surface area contributed by atoms with Crippen molar-refractivity contribution in [3.05, 3.63) is 35.9 Å². The summed E-state index contributed by atoms with van der Waals surface area (Å²) < 4.78 is 22.8. The van der Waals surface area contributed by atoms with Crippen LogP contribution in [0.4, 0.5) is 0 Å². The molecule has 16 nitrogen and oxygen atoms in total. The molecule has 1 aliphatic heterocycles. The highest BCUT2D eigenvalue weighted by Crippen LogP contribution is 2.30. The van der Waals surface area contributed by atoms with E-state index in [2.05, 4.69) is 10.6 Å². The molecule has 0 saturated carbocycles. The molecule has 0 radical (unpaired) electrons. The molecule has 2 rings (SSSR count). The van der Waals surface area contributed by atoms with Crippen molar-refractivity contribution in [3.8, 4) is 0 Å². The van der Waals surface area contributed by atoms with E-state index >= 15 is 0 Å². The number of nitrogens with zero attached hydrogens (tertiary/aromatic N) is 3. The highest BCUT2D eigenvalue weighted by molar-refractivity contribution is 5.92. The minimum absolute atomic E-state index is 0.0254. The number of methoxy groups -OCH3 is 2. The molecule has 1 aromatic carbocycles. The zero-order valence-corrected chi connectivity index (χ0v) is 39.6. The van der Waals surface area contributed by atoms with Gasteiger partial charge in [-0.2, -0.15) is 0 Å². The second kappa shape index (κ2) is 27.5. The molecule has 1 aliphatic rings. The molecule has 1 saturated heterocycles. The number of likely N-dealkylation sites (N-methyl/N-ethyl adjacent to an activating group) is 2. The number of aliphatic hydroxyl groups excluding tert-OH is 1. The Morgan fingerprint density at radius 3 is 2.03 bits per heavy atom. The first kappa shape index (κ1) is 54.5. The Kier molecular flexibility index (Phi) is 24.2. The van der Waals surface area contributed by atoms with Gasteiger partial charge in [0.05, 0.1) is 81.6 Å². The molecule has 1 aromatic rings. The SMILES string of the molecule is CC[C@H](C)[C@@H]([C@@H](CC(=O)N1CCC[C@H]1[C@H](OC)[C@@H](C)C(=O)N[C@H](C)[C@@H](O)c1ccccc1)OC)N(C)C(=O)[C@@H](NC(=O)C(C(C)C)N(C)C(=O)CCOCCOCCN)C(C)C. The molecule has 1 unspecified atom stereocenters. The van der Waals surface area contributed by atoms with E-state index < -0.39 is 54.3 Å². The van der Waals surface area contributed by atoms with Crippen molar-refractivity contribution in [2.24, 2.45) is 29.4 Å². The predicted octanol–water partition coefficient (Wildman–Crippen LogP) is 3.15. The van der Waals surface area contributed by atoms with E-state index in [-0.39, 0.29) is 66.9 Å². The van der Waals surface area contributed by atoms with E-state index in [0.29, 0.717) is 51.3 Å². The van der Waals surface area contributed by atoms with Crippen molar-refractivity contribution in [1.82, 2.24) is 25.3 Å². The first-order valence-corrected chi connectivity index (χ1v) is 22.4. The van der Waals surface area contributed by atoms with Gasteiger partial charge in [-0.05, 0) is 43.1 Å². The number of benzene rings is 1. The molecule has 0 bridgehead atoms. The van der Waals surface area contributed by atoms with E-state index in [1.54, 1.807) is 37.7 Å². The zero-order valence-electron chi connectivity index (χ0n) is 39.6. The van der Waals surface area contributed by atoms with Gasteiger partial charge >= 0.3 is 0 Å². The fraction of sp³-hybridized carbons (Fsp3) is 0.761. The minimum atomic E-state index is -0.927.